The number of rotatable bonds is 7. The van der Waals surface area contributed by atoms with Crippen LogP contribution in [0.5, 0.6) is 0 Å². The molecule has 3 rings (SSSR count). The molecule has 1 aliphatic rings. The first-order valence-electron chi connectivity index (χ1n) is 10.5. The molecule has 0 aliphatic carbocycles. The SMILES string of the molecule is Cc1ccc(C(O)(CCNC(=O)C2CCN(S(=O)(=O)c3ccccc3C#N)CC2)C(F)(F)F)o1. The summed E-state index contributed by atoms with van der Waals surface area (Å²) in [6.45, 7) is 1.05. The summed E-state index contributed by atoms with van der Waals surface area (Å²) < 4.78 is 72.5. The van der Waals surface area contributed by atoms with Gasteiger partial charge in [-0.05, 0) is 44.0 Å². The van der Waals surface area contributed by atoms with Gasteiger partial charge in [0.2, 0.25) is 21.5 Å². The topological polar surface area (TPSA) is 124 Å². The molecular weight excluding hydrogens is 475 g/mol. The minimum Gasteiger partial charge on any atom is -0.463 e. The molecule has 1 amide bonds. The summed E-state index contributed by atoms with van der Waals surface area (Å²) in [4.78, 5) is 12.4. The van der Waals surface area contributed by atoms with E-state index >= 15 is 0 Å². The van der Waals surface area contributed by atoms with E-state index in [0.29, 0.717) is 0 Å². The molecule has 184 valence electrons. The molecule has 8 nitrogen and oxygen atoms in total. The molecule has 1 aromatic heterocycles. The van der Waals surface area contributed by atoms with E-state index in [4.69, 9.17) is 4.42 Å². The van der Waals surface area contributed by atoms with Gasteiger partial charge in [-0.25, -0.2) is 8.42 Å². The Balaban J connectivity index is 1.58. The van der Waals surface area contributed by atoms with Crippen molar-refractivity contribution in [2.24, 2.45) is 5.92 Å². The summed E-state index contributed by atoms with van der Waals surface area (Å²) in [6, 6.07) is 10.0. The smallest absolute Gasteiger partial charge is 0.424 e. The maximum atomic E-state index is 13.5. The molecule has 0 bridgehead atoms. The monoisotopic (exact) mass is 499 g/mol. The van der Waals surface area contributed by atoms with Crippen molar-refractivity contribution >= 4 is 15.9 Å². The first kappa shape index (κ1) is 25.7. The van der Waals surface area contributed by atoms with Crippen molar-refractivity contribution in [2.45, 2.75) is 42.9 Å². The lowest BCUT2D eigenvalue weighted by Crippen LogP contribution is -2.46. The molecule has 1 aromatic carbocycles. The molecule has 0 spiro atoms. The number of nitrogens with zero attached hydrogens (tertiary/aromatic N) is 2. The second-order valence-electron chi connectivity index (χ2n) is 8.10. The molecule has 1 atom stereocenters. The number of aryl methyl sites for hydroxylation is 1. The highest BCUT2D eigenvalue weighted by Crippen LogP contribution is 2.42. The summed E-state index contributed by atoms with van der Waals surface area (Å²) in [5, 5.41) is 21.9. The Morgan fingerprint density at radius 2 is 1.88 bits per heavy atom. The largest absolute Gasteiger partial charge is 0.463 e. The Labute approximate surface area is 195 Å². The number of alkyl halides is 3. The lowest BCUT2D eigenvalue weighted by atomic mass is 9.94. The van der Waals surface area contributed by atoms with Crippen molar-refractivity contribution in [1.82, 2.24) is 9.62 Å². The number of halogens is 3. The Morgan fingerprint density at radius 1 is 1.24 bits per heavy atom. The summed E-state index contributed by atoms with van der Waals surface area (Å²) in [7, 11) is -3.92. The van der Waals surface area contributed by atoms with Gasteiger partial charge in [0, 0.05) is 32.0 Å². The van der Waals surface area contributed by atoms with Crippen LogP contribution in [0.25, 0.3) is 0 Å². The van der Waals surface area contributed by atoms with Gasteiger partial charge < -0.3 is 14.8 Å². The fourth-order valence-electron chi connectivity index (χ4n) is 3.85. The van der Waals surface area contributed by atoms with Crippen LogP contribution in [0.3, 0.4) is 0 Å². The van der Waals surface area contributed by atoms with E-state index in [1.807, 2.05) is 6.07 Å². The quantitative estimate of drug-likeness (QED) is 0.604. The van der Waals surface area contributed by atoms with E-state index in [1.54, 1.807) is 6.07 Å². The van der Waals surface area contributed by atoms with Crippen molar-refractivity contribution < 1.29 is 35.9 Å². The van der Waals surface area contributed by atoms with E-state index in [-0.39, 0.29) is 42.2 Å². The van der Waals surface area contributed by atoms with Crippen molar-refractivity contribution in [2.75, 3.05) is 19.6 Å². The summed E-state index contributed by atoms with van der Waals surface area (Å²) in [6.07, 6.45) is -5.52. The number of nitriles is 1. The Morgan fingerprint density at radius 3 is 2.44 bits per heavy atom. The van der Waals surface area contributed by atoms with Gasteiger partial charge in [-0.1, -0.05) is 12.1 Å². The van der Waals surface area contributed by atoms with Gasteiger partial charge >= 0.3 is 6.18 Å². The van der Waals surface area contributed by atoms with Crippen LogP contribution in [0.2, 0.25) is 0 Å². The minimum absolute atomic E-state index is 0.0197. The summed E-state index contributed by atoms with van der Waals surface area (Å²) >= 11 is 0. The van der Waals surface area contributed by atoms with E-state index in [9.17, 15) is 36.8 Å². The highest BCUT2D eigenvalue weighted by molar-refractivity contribution is 7.89. The number of furan rings is 1. The molecule has 0 radical (unpaired) electrons. The fourth-order valence-corrected chi connectivity index (χ4v) is 5.47. The molecule has 2 aromatic rings. The predicted molar refractivity (Wildman–Crippen MR) is 114 cm³/mol. The second kappa shape index (κ2) is 9.77. The maximum Gasteiger partial charge on any atom is 0.424 e. The van der Waals surface area contributed by atoms with Crippen molar-refractivity contribution in [3.05, 3.63) is 53.5 Å². The van der Waals surface area contributed by atoms with Crippen LogP contribution in [-0.2, 0) is 20.4 Å². The molecule has 12 heteroatoms. The molecular formula is C22H24F3N3O5S. The summed E-state index contributed by atoms with van der Waals surface area (Å²) in [5.74, 6) is -1.55. The van der Waals surface area contributed by atoms with Gasteiger partial charge in [0.05, 0.1) is 10.5 Å². The number of nitrogens with one attached hydrogen (secondary N) is 1. The van der Waals surface area contributed by atoms with Crippen LogP contribution in [-0.4, -0.2) is 49.5 Å². The number of piperidine rings is 1. The third kappa shape index (κ3) is 5.11. The van der Waals surface area contributed by atoms with Gasteiger partial charge in [-0.2, -0.15) is 22.7 Å². The van der Waals surface area contributed by atoms with E-state index < -0.39 is 52.4 Å². The molecule has 1 unspecified atom stereocenters. The molecule has 1 fully saturated rings. The van der Waals surface area contributed by atoms with Gasteiger partial charge in [0.25, 0.3) is 0 Å². The average Bonchev–Trinajstić information content (AvgIpc) is 3.25. The normalized spacial score (nSPS) is 17.6. The predicted octanol–water partition coefficient (Wildman–Crippen LogP) is 2.82. The van der Waals surface area contributed by atoms with E-state index in [0.717, 1.165) is 6.07 Å². The van der Waals surface area contributed by atoms with Crippen LogP contribution in [0.4, 0.5) is 13.2 Å². The first-order valence-corrected chi connectivity index (χ1v) is 12.0. The number of amides is 1. The zero-order valence-electron chi connectivity index (χ0n) is 18.3. The number of hydrogen-bond acceptors (Lipinski definition) is 6. The number of hydrogen-bond donors (Lipinski definition) is 2. The number of aliphatic hydroxyl groups is 1. The molecule has 1 saturated heterocycles. The van der Waals surface area contributed by atoms with Crippen molar-refractivity contribution in [1.29, 1.82) is 5.26 Å². The maximum absolute atomic E-state index is 13.5. The Bertz CT molecular complexity index is 1180. The zero-order valence-corrected chi connectivity index (χ0v) is 19.1. The van der Waals surface area contributed by atoms with Crippen LogP contribution in [0.15, 0.2) is 45.7 Å². The number of benzene rings is 1. The van der Waals surface area contributed by atoms with Gasteiger partial charge in [0.1, 0.15) is 17.6 Å². The van der Waals surface area contributed by atoms with Crippen LogP contribution < -0.4 is 5.32 Å². The molecule has 1 aliphatic heterocycles. The van der Waals surface area contributed by atoms with Crippen molar-refractivity contribution in [3.63, 3.8) is 0 Å². The van der Waals surface area contributed by atoms with Gasteiger partial charge in [-0.15, -0.1) is 0 Å². The zero-order chi connectivity index (χ0) is 25.1. The molecule has 34 heavy (non-hydrogen) atoms. The molecule has 0 saturated carbocycles. The minimum atomic E-state index is -5.01. The van der Waals surface area contributed by atoms with Crippen LogP contribution in [0, 0.1) is 24.2 Å². The highest BCUT2D eigenvalue weighted by Gasteiger charge is 2.56. The second-order valence-corrected chi connectivity index (χ2v) is 10.0. The average molecular weight is 500 g/mol. The lowest BCUT2D eigenvalue weighted by Gasteiger charge is -2.31. The third-order valence-electron chi connectivity index (χ3n) is 5.85. The van der Waals surface area contributed by atoms with Crippen LogP contribution in [0.1, 0.15) is 36.3 Å². The fraction of sp³-hybridized carbons (Fsp3) is 0.455. The number of sulfonamides is 1. The van der Waals surface area contributed by atoms with Crippen molar-refractivity contribution in [3.8, 4) is 6.07 Å². The van der Waals surface area contributed by atoms with Gasteiger partial charge in [0.15, 0.2) is 0 Å². The van der Waals surface area contributed by atoms with E-state index in [2.05, 4.69) is 5.32 Å². The van der Waals surface area contributed by atoms with Crippen LogP contribution >= 0.6 is 0 Å². The Kier molecular flexibility index (Phi) is 7.40. The number of carbonyl (C=O) groups is 1. The molecule has 2 N–H and O–H groups in total. The van der Waals surface area contributed by atoms with E-state index in [1.165, 1.54) is 35.5 Å². The van der Waals surface area contributed by atoms with Gasteiger partial charge in [-0.3, -0.25) is 4.79 Å². The number of carbonyl (C=O) groups excluding carboxylic acids is 1. The standard InChI is InChI=1S/C22H24F3N3O5S/c1-15-6-7-19(33-15)21(30,22(23,24)25)10-11-27-20(29)16-8-12-28(13-9-16)34(31,32)18-5-3-2-4-17(18)14-26/h2-7,16,30H,8-13H2,1H3,(H,27,29). The lowest BCUT2D eigenvalue weighted by molar-refractivity contribution is -0.274. The summed E-state index contributed by atoms with van der Waals surface area (Å²) in [5.41, 5.74) is -3.23. The third-order valence-corrected chi connectivity index (χ3v) is 7.81. The molecule has 2 heterocycles. The highest BCUT2D eigenvalue weighted by atomic mass is 32.2. The first-order chi connectivity index (χ1) is 15.9. The Hall–Kier alpha value is -2.88.